The molecule has 0 amide bonds. The van der Waals surface area contributed by atoms with Crippen LogP contribution in [0.15, 0.2) is 23.8 Å². The fraction of sp³-hybridized carbons (Fsp3) is 0.500. The molecule has 5 nitrogen and oxygen atoms in total. The smallest absolute Gasteiger partial charge is 0.358 e. The molecule has 21 heavy (non-hydrogen) atoms. The summed E-state index contributed by atoms with van der Waals surface area (Å²) in [6.07, 6.45) is 8.27. The van der Waals surface area contributed by atoms with Crippen molar-refractivity contribution in [2.75, 3.05) is 12.3 Å². The molecule has 1 aliphatic rings. The third-order valence-corrected chi connectivity index (χ3v) is 3.54. The minimum Gasteiger partial charge on any atom is -0.461 e. The third kappa shape index (κ3) is 3.35. The Bertz CT molecular complexity index is 585. The minimum absolute atomic E-state index is 0.249. The highest BCUT2D eigenvalue weighted by molar-refractivity contribution is 5.92. The van der Waals surface area contributed by atoms with Crippen molar-refractivity contribution in [3.8, 4) is 0 Å². The number of hydrogen-bond donors (Lipinski definition) is 1. The van der Waals surface area contributed by atoms with Crippen LogP contribution in [0.4, 0.5) is 5.82 Å². The number of aromatic nitrogens is 2. The monoisotopic (exact) mass is 289 g/mol. The Morgan fingerprint density at radius 1 is 1.52 bits per heavy atom. The molecule has 0 radical (unpaired) electrons. The number of aryl methyl sites for hydroxylation is 1. The van der Waals surface area contributed by atoms with Gasteiger partial charge in [-0.15, -0.1) is 0 Å². The van der Waals surface area contributed by atoms with Crippen molar-refractivity contribution in [3.05, 3.63) is 35.3 Å². The van der Waals surface area contributed by atoms with Crippen LogP contribution in [0.2, 0.25) is 0 Å². The zero-order chi connectivity index (χ0) is 15.4. The molecule has 1 heterocycles. The molecule has 1 aliphatic carbocycles. The maximum atomic E-state index is 12.1. The third-order valence-electron chi connectivity index (χ3n) is 3.54. The molecule has 0 bridgehead atoms. The van der Waals surface area contributed by atoms with Crippen molar-refractivity contribution in [2.45, 2.75) is 40.2 Å². The van der Waals surface area contributed by atoms with Gasteiger partial charge in [0.1, 0.15) is 5.82 Å². The Kier molecular flexibility index (Phi) is 4.83. The molecule has 1 aromatic heterocycles. The number of nitrogens with two attached hydrogens (primary N) is 1. The van der Waals surface area contributed by atoms with Crippen LogP contribution >= 0.6 is 0 Å². The van der Waals surface area contributed by atoms with Gasteiger partial charge in [0.05, 0.1) is 6.61 Å². The van der Waals surface area contributed by atoms with Gasteiger partial charge in [-0.05, 0) is 24.8 Å². The van der Waals surface area contributed by atoms with E-state index in [1.807, 2.05) is 11.5 Å². The topological polar surface area (TPSA) is 70.1 Å². The zero-order valence-electron chi connectivity index (χ0n) is 12.9. The van der Waals surface area contributed by atoms with Crippen molar-refractivity contribution < 1.29 is 9.53 Å². The summed E-state index contributed by atoms with van der Waals surface area (Å²) in [4.78, 5) is 16.4. The molecule has 114 valence electrons. The van der Waals surface area contributed by atoms with E-state index < -0.39 is 5.97 Å². The van der Waals surface area contributed by atoms with Crippen molar-refractivity contribution >= 4 is 11.8 Å². The van der Waals surface area contributed by atoms with Crippen molar-refractivity contribution in [1.82, 2.24) is 9.55 Å². The van der Waals surface area contributed by atoms with E-state index in [-0.39, 0.29) is 5.82 Å². The lowest BCUT2D eigenvalue weighted by molar-refractivity contribution is 0.0515. The first-order valence-electron chi connectivity index (χ1n) is 7.46. The lowest BCUT2D eigenvalue weighted by atomic mass is 9.98. The molecule has 2 N–H and O–H groups in total. The van der Waals surface area contributed by atoms with E-state index in [0.717, 1.165) is 18.7 Å². The normalized spacial score (nSPS) is 17.7. The number of carbonyl (C=O) groups is 1. The van der Waals surface area contributed by atoms with Crippen LogP contribution in [0, 0.1) is 5.92 Å². The lowest BCUT2D eigenvalue weighted by Gasteiger charge is -2.16. The van der Waals surface area contributed by atoms with E-state index in [2.05, 4.69) is 30.1 Å². The van der Waals surface area contributed by atoms with E-state index in [1.54, 1.807) is 6.92 Å². The molecule has 2 rings (SSSR count). The highest BCUT2D eigenvalue weighted by Gasteiger charge is 2.22. The average Bonchev–Trinajstić information content (AvgIpc) is 2.75. The molecule has 1 atom stereocenters. The molecule has 0 spiro atoms. The second-order valence-electron chi connectivity index (χ2n) is 5.28. The quantitative estimate of drug-likeness (QED) is 0.846. The summed E-state index contributed by atoms with van der Waals surface area (Å²) in [5.74, 6) is 1.17. The summed E-state index contributed by atoms with van der Waals surface area (Å²) in [6.45, 7) is 6.89. The number of imidazole rings is 1. The van der Waals surface area contributed by atoms with Crippen molar-refractivity contribution in [1.29, 1.82) is 0 Å². The van der Waals surface area contributed by atoms with Crippen LogP contribution in [0.1, 0.15) is 43.5 Å². The first-order valence-corrected chi connectivity index (χ1v) is 7.46. The molecule has 0 fully saturated rings. The van der Waals surface area contributed by atoms with Crippen LogP contribution in [-0.4, -0.2) is 22.1 Å². The van der Waals surface area contributed by atoms with E-state index in [9.17, 15) is 4.79 Å². The summed E-state index contributed by atoms with van der Waals surface area (Å²) in [6, 6.07) is 0. The van der Waals surface area contributed by atoms with E-state index in [4.69, 9.17) is 10.5 Å². The van der Waals surface area contributed by atoms with Crippen LogP contribution < -0.4 is 5.73 Å². The lowest BCUT2D eigenvalue weighted by Crippen LogP contribution is -2.17. The van der Waals surface area contributed by atoms with Gasteiger partial charge in [-0.3, -0.25) is 0 Å². The van der Waals surface area contributed by atoms with E-state index >= 15 is 0 Å². The zero-order valence-corrected chi connectivity index (χ0v) is 12.9. The van der Waals surface area contributed by atoms with Gasteiger partial charge in [-0.25, -0.2) is 9.78 Å². The first kappa shape index (κ1) is 15.4. The average molecular weight is 289 g/mol. The molecule has 5 heteroatoms. The SMILES string of the molecule is CCOC(=O)c1c(N)nc(CC)n1CC1=CC(C)CC=C1. The largest absolute Gasteiger partial charge is 0.461 e. The number of anilines is 1. The molecule has 1 unspecified atom stereocenters. The minimum atomic E-state index is -0.407. The number of nitrogen functional groups attached to an aromatic ring is 1. The van der Waals surface area contributed by atoms with Gasteiger partial charge in [-0.2, -0.15) is 0 Å². The Hall–Kier alpha value is -2.04. The number of nitrogens with zero attached hydrogens (tertiary/aromatic N) is 2. The summed E-state index contributed by atoms with van der Waals surface area (Å²) >= 11 is 0. The van der Waals surface area contributed by atoms with Crippen LogP contribution in [0.25, 0.3) is 0 Å². The maximum absolute atomic E-state index is 12.1. The Morgan fingerprint density at radius 3 is 2.90 bits per heavy atom. The summed E-state index contributed by atoms with van der Waals surface area (Å²) in [5.41, 5.74) is 7.45. The summed E-state index contributed by atoms with van der Waals surface area (Å²) < 4.78 is 6.98. The molecule has 0 saturated carbocycles. The number of hydrogen-bond acceptors (Lipinski definition) is 4. The van der Waals surface area contributed by atoms with E-state index in [1.165, 1.54) is 5.57 Å². The fourth-order valence-corrected chi connectivity index (χ4v) is 2.59. The van der Waals surface area contributed by atoms with Crippen molar-refractivity contribution in [2.24, 2.45) is 5.92 Å². The molecule has 0 saturated heterocycles. The fourth-order valence-electron chi connectivity index (χ4n) is 2.59. The van der Waals surface area contributed by atoms with Gasteiger partial charge in [-0.1, -0.05) is 32.1 Å². The van der Waals surface area contributed by atoms with E-state index in [0.29, 0.717) is 24.8 Å². The number of allylic oxidation sites excluding steroid dienone is 4. The number of ether oxygens (including phenoxy) is 1. The summed E-state index contributed by atoms with van der Waals surface area (Å²) in [5, 5.41) is 0. The van der Waals surface area contributed by atoms with Gasteiger partial charge in [0, 0.05) is 13.0 Å². The number of rotatable bonds is 5. The van der Waals surface area contributed by atoms with Gasteiger partial charge in [0.15, 0.2) is 11.5 Å². The van der Waals surface area contributed by atoms with Crippen molar-refractivity contribution in [3.63, 3.8) is 0 Å². The van der Waals surface area contributed by atoms with Gasteiger partial charge >= 0.3 is 5.97 Å². The highest BCUT2D eigenvalue weighted by atomic mass is 16.5. The molecular formula is C16H23N3O2. The van der Waals surface area contributed by atoms with Crippen LogP contribution in [-0.2, 0) is 17.7 Å². The molecule has 1 aromatic rings. The second-order valence-corrected chi connectivity index (χ2v) is 5.28. The predicted molar refractivity (Wildman–Crippen MR) is 83.0 cm³/mol. The Labute approximate surface area is 125 Å². The second kappa shape index (κ2) is 6.61. The molecule has 0 aliphatic heterocycles. The maximum Gasteiger partial charge on any atom is 0.358 e. The van der Waals surface area contributed by atoms with Gasteiger partial charge in [0.2, 0.25) is 0 Å². The van der Waals surface area contributed by atoms with Gasteiger partial charge in [0.25, 0.3) is 0 Å². The number of esters is 1. The Balaban J connectivity index is 2.36. The van der Waals surface area contributed by atoms with Gasteiger partial charge < -0.3 is 15.0 Å². The van der Waals surface area contributed by atoms with Crippen LogP contribution in [0.3, 0.4) is 0 Å². The standard InChI is InChI=1S/C16H23N3O2/c1-4-13-18-15(17)14(16(20)21-5-2)19(13)10-12-8-6-7-11(3)9-12/h6,8-9,11H,4-5,7,10,17H2,1-3H3. The summed E-state index contributed by atoms with van der Waals surface area (Å²) in [7, 11) is 0. The molecular weight excluding hydrogens is 266 g/mol. The Morgan fingerprint density at radius 2 is 2.29 bits per heavy atom. The molecule has 0 aromatic carbocycles. The first-order chi connectivity index (χ1) is 10.1. The highest BCUT2D eigenvalue weighted by Crippen LogP contribution is 2.22. The number of carbonyl (C=O) groups excluding carboxylic acids is 1. The van der Waals surface area contributed by atoms with Crippen LogP contribution in [0.5, 0.6) is 0 Å². The predicted octanol–water partition coefficient (Wildman–Crippen LogP) is 2.73.